The van der Waals surface area contributed by atoms with Crippen molar-refractivity contribution in [1.29, 1.82) is 0 Å². The van der Waals surface area contributed by atoms with Gasteiger partial charge in [-0.1, -0.05) is 23.4 Å². The fraction of sp³-hybridized carbons (Fsp3) is 0.130. The predicted molar refractivity (Wildman–Crippen MR) is 122 cm³/mol. The van der Waals surface area contributed by atoms with E-state index in [4.69, 9.17) is 16.3 Å². The Morgan fingerprint density at radius 2 is 1.71 bits per heavy atom. The molecule has 0 bridgehead atoms. The van der Waals surface area contributed by atoms with Crippen LogP contribution in [0.3, 0.4) is 0 Å². The average Bonchev–Trinajstić information content (AvgIpc) is 3.23. The van der Waals surface area contributed by atoms with Crippen LogP contribution in [0.25, 0.3) is 17.1 Å². The summed E-state index contributed by atoms with van der Waals surface area (Å²) in [5, 5.41) is 9.97. The van der Waals surface area contributed by atoms with Gasteiger partial charge in [0.25, 0.3) is 0 Å². The minimum absolute atomic E-state index is 0.00614. The molecular formula is C23H19ClN4O2S. The smallest absolute Gasteiger partial charge is 0.196 e. The molecule has 2 aromatic carbocycles. The molecule has 2 heterocycles. The lowest BCUT2D eigenvalue weighted by Crippen LogP contribution is -2.05. The number of rotatable bonds is 8. The van der Waals surface area contributed by atoms with Gasteiger partial charge in [0.1, 0.15) is 5.75 Å². The minimum Gasteiger partial charge on any atom is -0.494 e. The Kier molecular flexibility index (Phi) is 6.64. The molecule has 0 saturated heterocycles. The van der Waals surface area contributed by atoms with Crippen LogP contribution in [-0.4, -0.2) is 37.9 Å². The Balaban J connectivity index is 1.65. The SMILES string of the molecule is CCOc1ccc(-n2c(SCC(=O)c3ccc(Cl)cc3)nnc2-c2ccncc2)cc1. The molecule has 0 radical (unpaired) electrons. The third-order valence-corrected chi connectivity index (χ3v) is 5.66. The molecule has 0 fully saturated rings. The van der Waals surface area contributed by atoms with Gasteiger partial charge in [-0.3, -0.25) is 14.3 Å². The first-order chi connectivity index (χ1) is 15.2. The molecule has 6 nitrogen and oxygen atoms in total. The van der Waals surface area contributed by atoms with E-state index in [0.717, 1.165) is 17.0 Å². The molecule has 0 unspecified atom stereocenters. The summed E-state index contributed by atoms with van der Waals surface area (Å²) >= 11 is 7.26. The first kappa shape index (κ1) is 21.1. The van der Waals surface area contributed by atoms with Crippen LogP contribution in [0.2, 0.25) is 5.02 Å². The van der Waals surface area contributed by atoms with Crippen LogP contribution in [0.4, 0.5) is 0 Å². The van der Waals surface area contributed by atoms with Gasteiger partial charge in [0.05, 0.1) is 12.4 Å². The molecule has 0 aliphatic carbocycles. The molecule has 156 valence electrons. The van der Waals surface area contributed by atoms with Gasteiger partial charge in [-0.15, -0.1) is 10.2 Å². The van der Waals surface area contributed by atoms with Crippen LogP contribution in [0.1, 0.15) is 17.3 Å². The van der Waals surface area contributed by atoms with Crippen molar-refractivity contribution in [3.63, 3.8) is 0 Å². The number of hydrogen-bond acceptors (Lipinski definition) is 6. The topological polar surface area (TPSA) is 69.9 Å². The van der Waals surface area contributed by atoms with Crippen LogP contribution in [0.5, 0.6) is 5.75 Å². The highest BCUT2D eigenvalue weighted by Gasteiger charge is 2.18. The number of hydrogen-bond donors (Lipinski definition) is 0. The van der Waals surface area contributed by atoms with Gasteiger partial charge in [0.15, 0.2) is 16.8 Å². The lowest BCUT2D eigenvalue weighted by Gasteiger charge is -2.11. The molecule has 4 aromatic rings. The first-order valence-electron chi connectivity index (χ1n) is 9.66. The molecular weight excluding hydrogens is 432 g/mol. The van der Waals surface area contributed by atoms with Crippen LogP contribution in [-0.2, 0) is 0 Å². The number of benzene rings is 2. The maximum atomic E-state index is 12.6. The Morgan fingerprint density at radius 3 is 2.39 bits per heavy atom. The minimum atomic E-state index is -0.00614. The maximum Gasteiger partial charge on any atom is 0.196 e. The number of Topliss-reactive ketones (excluding diaryl/α,β-unsaturated/α-hetero) is 1. The summed E-state index contributed by atoms with van der Waals surface area (Å²) < 4.78 is 7.49. The van der Waals surface area contributed by atoms with Crippen molar-refractivity contribution in [2.75, 3.05) is 12.4 Å². The molecule has 0 aliphatic heterocycles. The van der Waals surface area contributed by atoms with Gasteiger partial charge in [0, 0.05) is 34.2 Å². The number of aromatic nitrogens is 4. The molecule has 0 N–H and O–H groups in total. The van der Waals surface area contributed by atoms with Gasteiger partial charge in [-0.05, 0) is 67.6 Å². The first-order valence-corrected chi connectivity index (χ1v) is 11.0. The highest BCUT2D eigenvalue weighted by Crippen LogP contribution is 2.29. The normalized spacial score (nSPS) is 10.8. The Labute approximate surface area is 189 Å². The van der Waals surface area contributed by atoms with Crippen molar-refractivity contribution in [1.82, 2.24) is 19.7 Å². The maximum absolute atomic E-state index is 12.6. The molecule has 0 amide bonds. The number of halogens is 1. The zero-order valence-corrected chi connectivity index (χ0v) is 18.3. The lowest BCUT2D eigenvalue weighted by molar-refractivity contribution is 0.102. The average molecular weight is 451 g/mol. The van der Waals surface area contributed by atoms with Crippen LogP contribution in [0.15, 0.2) is 78.2 Å². The summed E-state index contributed by atoms with van der Waals surface area (Å²) in [4.78, 5) is 16.7. The van der Waals surface area contributed by atoms with E-state index in [9.17, 15) is 4.79 Å². The second-order valence-electron chi connectivity index (χ2n) is 6.52. The third kappa shape index (κ3) is 4.95. The third-order valence-electron chi connectivity index (χ3n) is 4.48. The van der Waals surface area contributed by atoms with E-state index in [-0.39, 0.29) is 11.5 Å². The van der Waals surface area contributed by atoms with Crippen LogP contribution < -0.4 is 4.74 Å². The number of carbonyl (C=O) groups is 1. The number of thioether (sulfide) groups is 1. The summed E-state index contributed by atoms with van der Waals surface area (Å²) in [6.45, 7) is 2.55. The van der Waals surface area contributed by atoms with Crippen molar-refractivity contribution < 1.29 is 9.53 Å². The summed E-state index contributed by atoms with van der Waals surface area (Å²) in [5.74, 6) is 1.69. The largest absolute Gasteiger partial charge is 0.494 e. The summed E-state index contributed by atoms with van der Waals surface area (Å²) in [7, 11) is 0. The standard InChI is InChI=1S/C23H19ClN4O2S/c1-2-30-20-9-7-19(8-10-20)28-22(17-11-13-25-14-12-17)26-27-23(28)31-15-21(29)16-3-5-18(24)6-4-16/h3-14H,2,15H2,1H3. The van der Waals surface area contributed by atoms with Crippen molar-refractivity contribution in [2.45, 2.75) is 12.1 Å². The molecule has 8 heteroatoms. The van der Waals surface area contributed by atoms with E-state index in [0.29, 0.717) is 28.2 Å². The molecule has 31 heavy (non-hydrogen) atoms. The number of nitrogens with zero attached hydrogens (tertiary/aromatic N) is 4. The molecule has 0 spiro atoms. The molecule has 0 atom stereocenters. The summed E-state index contributed by atoms with van der Waals surface area (Å²) in [6.07, 6.45) is 3.42. The van der Waals surface area contributed by atoms with Gasteiger partial charge >= 0.3 is 0 Å². The van der Waals surface area contributed by atoms with Gasteiger partial charge in [-0.25, -0.2) is 0 Å². The van der Waals surface area contributed by atoms with E-state index in [1.807, 2.05) is 47.9 Å². The van der Waals surface area contributed by atoms with Crippen molar-refractivity contribution >= 4 is 29.1 Å². The second-order valence-corrected chi connectivity index (χ2v) is 7.90. The van der Waals surface area contributed by atoms with Crippen molar-refractivity contribution in [2.24, 2.45) is 0 Å². The Hall–Kier alpha value is -3.16. The monoisotopic (exact) mass is 450 g/mol. The predicted octanol–water partition coefficient (Wildman–Crippen LogP) is 5.36. The summed E-state index contributed by atoms with van der Waals surface area (Å²) in [5.41, 5.74) is 2.37. The molecule has 2 aromatic heterocycles. The molecule has 0 aliphatic rings. The lowest BCUT2D eigenvalue weighted by atomic mass is 10.1. The van der Waals surface area contributed by atoms with E-state index in [1.54, 1.807) is 36.7 Å². The van der Waals surface area contributed by atoms with Crippen LogP contribution in [0, 0.1) is 0 Å². The zero-order valence-electron chi connectivity index (χ0n) is 16.7. The van der Waals surface area contributed by atoms with E-state index < -0.39 is 0 Å². The van der Waals surface area contributed by atoms with E-state index in [2.05, 4.69) is 15.2 Å². The van der Waals surface area contributed by atoms with Gasteiger partial charge < -0.3 is 4.74 Å². The Bertz CT molecular complexity index is 1160. The fourth-order valence-electron chi connectivity index (χ4n) is 2.99. The number of ketones is 1. The van der Waals surface area contributed by atoms with Crippen LogP contribution >= 0.6 is 23.4 Å². The summed E-state index contributed by atoms with van der Waals surface area (Å²) in [6, 6.07) is 18.3. The van der Waals surface area contributed by atoms with Gasteiger partial charge in [0.2, 0.25) is 0 Å². The number of carbonyl (C=O) groups excluding carboxylic acids is 1. The quantitative estimate of drug-likeness (QED) is 0.266. The van der Waals surface area contributed by atoms with E-state index >= 15 is 0 Å². The highest BCUT2D eigenvalue weighted by molar-refractivity contribution is 7.99. The Morgan fingerprint density at radius 1 is 1.00 bits per heavy atom. The van der Waals surface area contributed by atoms with E-state index in [1.165, 1.54) is 11.8 Å². The molecule has 4 rings (SSSR count). The zero-order chi connectivity index (χ0) is 21.6. The van der Waals surface area contributed by atoms with Crippen molar-refractivity contribution in [3.8, 4) is 22.8 Å². The second kappa shape index (κ2) is 9.76. The number of pyridine rings is 1. The highest BCUT2D eigenvalue weighted by atomic mass is 35.5. The fourth-order valence-corrected chi connectivity index (χ4v) is 3.96. The van der Waals surface area contributed by atoms with Crippen molar-refractivity contribution in [3.05, 3.63) is 83.6 Å². The number of ether oxygens (including phenoxy) is 1. The molecule has 0 saturated carbocycles. The van der Waals surface area contributed by atoms with Gasteiger partial charge in [-0.2, -0.15) is 0 Å².